The predicted octanol–water partition coefficient (Wildman–Crippen LogP) is 1.14. The van der Waals surface area contributed by atoms with Crippen molar-refractivity contribution in [1.82, 2.24) is 5.32 Å². The van der Waals surface area contributed by atoms with E-state index in [1.807, 2.05) is 27.7 Å². The minimum absolute atomic E-state index is 0.120. The maximum atomic E-state index is 9.21. The molecule has 0 aromatic carbocycles. The van der Waals surface area contributed by atoms with E-state index in [0.29, 0.717) is 19.8 Å². The molecule has 4 heteroatoms. The Morgan fingerprint density at radius 1 is 1.20 bits per heavy atom. The highest BCUT2D eigenvalue weighted by molar-refractivity contribution is 4.80. The molecule has 0 aliphatic heterocycles. The molecule has 0 saturated carbocycles. The van der Waals surface area contributed by atoms with Crippen molar-refractivity contribution in [2.24, 2.45) is 0 Å². The largest absolute Gasteiger partial charge is 0.394 e. The monoisotopic (exact) mass is 219 g/mol. The topological polar surface area (TPSA) is 50.7 Å². The van der Waals surface area contributed by atoms with E-state index >= 15 is 0 Å². The zero-order valence-corrected chi connectivity index (χ0v) is 10.4. The smallest absolute Gasteiger partial charge is 0.169 e. The van der Waals surface area contributed by atoms with Gasteiger partial charge < -0.3 is 19.9 Å². The van der Waals surface area contributed by atoms with Gasteiger partial charge in [0.25, 0.3) is 0 Å². The lowest BCUT2D eigenvalue weighted by Crippen LogP contribution is -2.49. The zero-order valence-electron chi connectivity index (χ0n) is 10.4. The Balaban J connectivity index is 3.95. The van der Waals surface area contributed by atoms with Gasteiger partial charge in [-0.3, -0.25) is 0 Å². The van der Waals surface area contributed by atoms with Crippen LogP contribution in [0.2, 0.25) is 0 Å². The fourth-order valence-electron chi connectivity index (χ4n) is 1.16. The molecule has 4 nitrogen and oxygen atoms in total. The van der Waals surface area contributed by atoms with Crippen LogP contribution in [0.1, 0.15) is 34.1 Å². The van der Waals surface area contributed by atoms with Crippen molar-refractivity contribution in [1.29, 1.82) is 0 Å². The van der Waals surface area contributed by atoms with Crippen LogP contribution in [0.5, 0.6) is 0 Å². The number of ether oxygens (including phenoxy) is 2. The SMILES string of the molecule is CCOC(CNC(C)(CC)CO)OCC. The molecule has 1 atom stereocenters. The fourth-order valence-corrected chi connectivity index (χ4v) is 1.16. The first-order valence-electron chi connectivity index (χ1n) is 5.71. The molecular formula is C11H25NO3. The number of aliphatic hydroxyl groups excluding tert-OH is 1. The van der Waals surface area contributed by atoms with Gasteiger partial charge in [-0.05, 0) is 27.2 Å². The van der Waals surface area contributed by atoms with Gasteiger partial charge in [0.05, 0.1) is 6.61 Å². The molecule has 92 valence electrons. The lowest BCUT2D eigenvalue weighted by Gasteiger charge is -2.29. The summed E-state index contributed by atoms with van der Waals surface area (Å²) in [4.78, 5) is 0. The average Bonchev–Trinajstić information content (AvgIpc) is 2.26. The van der Waals surface area contributed by atoms with Crippen molar-refractivity contribution in [2.75, 3.05) is 26.4 Å². The molecule has 0 spiro atoms. The van der Waals surface area contributed by atoms with E-state index in [1.165, 1.54) is 0 Å². The van der Waals surface area contributed by atoms with E-state index in [2.05, 4.69) is 5.32 Å². The number of hydrogen-bond donors (Lipinski definition) is 2. The summed E-state index contributed by atoms with van der Waals surface area (Å²) >= 11 is 0. The van der Waals surface area contributed by atoms with Crippen LogP contribution in [-0.2, 0) is 9.47 Å². The number of rotatable bonds is 9. The molecule has 15 heavy (non-hydrogen) atoms. The first-order chi connectivity index (χ1) is 7.11. The zero-order chi connectivity index (χ0) is 11.7. The molecule has 0 aromatic rings. The highest BCUT2D eigenvalue weighted by atomic mass is 16.7. The van der Waals surface area contributed by atoms with Gasteiger partial charge in [-0.15, -0.1) is 0 Å². The van der Waals surface area contributed by atoms with Crippen LogP contribution in [-0.4, -0.2) is 43.3 Å². The van der Waals surface area contributed by atoms with Crippen molar-refractivity contribution in [3.05, 3.63) is 0 Å². The summed E-state index contributed by atoms with van der Waals surface area (Å²) in [6.45, 7) is 9.90. The van der Waals surface area contributed by atoms with Gasteiger partial charge >= 0.3 is 0 Å². The standard InChI is InChI=1S/C11H25NO3/c1-5-11(4,9-13)12-8-10(14-6-2)15-7-3/h10,12-13H,5-9H2,1-4H3. The minimum Gasteiger partial charge on any atom is -0.394 e. The Bertz CT molecular complexity index is 143. The molecule has 0 rings (SSSR count). The third kappa shape index (κ3) is 6.10. The summed E-state index contributed by atoms with van der Waals surface area (Å²) < 4.78 is 10.8. The Morgan fingerprint density at radius 2 is 1.73 bits per heavy atom. The highest BCUT2D eigenvalue weighted by Gasteiger charge is 2.21. The van der Waals surface area contributed by atoms with Gasteiger partial charge in [0.1, 0.15) is 0 Å². The summed E-state index contributed by atoms with van der Waals surface area (Å²) in [6.07, 6.45) is 0.645. The maximum absolute atomic E-state index is 9.21. The van der Waals surface area contributed by atoms with Crippen LogP contribution in [0.3, 0.4) is 0 Å². The first-order valence-corrected chi connectivity index (χ1v) is 5.71. The van der Waals surface area contributed by atoms with Crippen LogP contribution in [0.15, 0.2) is 0 Å². The fraction of sp³-hybridized carbons (Fsp3) is 1.00. The first kappa shape index (κ1) is 14.8. The van der Waals surface area contributed by atoms with Gasteiger partial charge in [0, 0.05) is 25.3 Å². The third-order valence-corrected chi connectivity index (χ3v) is 2.53. The van der Waals surface area contributed by atoms with Crippen LogP contribution in [0.4, 0.5) is 0 Å². The van der Waals surface area contributed by atoms with Crippen molar-refractivity contribution in [3.63, 3.8) is 0 Å². The predicted molar refractivity (Wildman–Crippen MR) is 60.8 cm³/mol. The minimum atomic E-state index is -0.244. The molecular weight excluding hydrogens is 194 g/mol. The van der Waals surface area contributed by atoms with Gasteiger partial charge in [-0.2, -0.15) is 0 Å². The molecule has 0 fully saturated rings. The van der Waals surface area contributed by atoms with E-state index in [9.17, 15) is 5.11 Å². The molecule has 2 N–H and O–H groups in total. The van der Waals surface area contributed by atoms with E-state index < -0.39 is 0 Å². The summed E-state index contributed by atoms with van der Waals surface area (Å²) in [5.74, 6) is 0. The molecule has 0 aliphatic carbocycles. The summed E-state index contributed by atoms with van der Waals surface area (Å²) in [7, 11) is 0. The van der Waals surface area contributed by atoms with Gasteiger partial charge in [0.2, 0.25) is 0 Å². The summed E-state index contributed by atoms with van der Waals surface area (Å²) in [5, 5.41) is 12.5. The lowest BCUT2D eigenvalue weighted by molar-refractivity contribution is -0.135. The third-order valence-electron chi connectivity index (χ3n) is 2.53. The molecule has 0 bridgehead atoms. The highest BCUT2D eigenvalue weighted by Crippen LogP contribution is 2.08. The van der Waals surface area contributed by atoms with Crippen molar-refractivity contribution >= 4 is 0 Å². The summed E-state index contributed by atoms with van der Waals surface area (Å²) in [6, 6.07) is 0. The second-order valence-electron chi connectivity index (χ2n) is 3.79. The van der Waals surface area contributed by atoms with Gasteiger partial charge in [-0.1, -0.05) is 6.92 Å². The second-order valence-corrected chi connectivity index (χ2v) is 3.79. The van der Waals surface area contributed by atoms with Gasteiger partial charge in [0.15, 0.2) is 6.29 Å². The van der Waals surface area contributed by atoms with Crippen LogP contribution in [0.25, 0.3) is 0 Å². The van der Waals surface area contributed by atoms with Crippen molar-refractivity contribution < 1.29 is 14.6 Å². The molecule has 1 unspecified atom stereocenters. The second kappa shape index (κ2) is 8.05. The van der Waals surface area contributed by atoms with Crippen LogP contribution >= 0.6 is 0 Å². The molecule has 0 radical (unpaired) electrons. The van der Waals surface area contributed by atoms with Crippen molar-refractivity contribution in [3.8, 4) is 0 Å². The molecule has 0 heterocycles. The molecule has 0 aliphatic rings. The quantitative estimate of drug-likeness (QED) is 0.571. The molecule has 0 saturated heterocycles. The van der Waals surface area contributed by atoms with Gasteiger partial charge in [-0.25, -0.2) is 0 Å². The van der Waals surface area contributed by atoms with E-state index in [-0.39, 0.29) is 18.4 Å². The van der Waals surface area contributed by atoms with E-state index in [4.69, 9.17) is 9.47 Å². The lowest BCUT2D eigenvalue weighted by atomic mass is 10.0. The van der Waals surface area contributed by atoms with Crippen molar-refractivity contribution in [2.45, 2.75) is 45.9 Å². The average molecular weight is 219 g/mol. The van der Waals surface area contributed by atoms with Crippen LogP contribution < -0.4 is 5.32 Å². The maximum Gasteiger partial charge on any atom is 0.169 e. The molecule has 0 amide bonds. The Hall–Kier alpha value is -0.160. The number of nitrogens with one attached hydrogen (secondary N) is 1. The van der Waals surface area contributed by atoms with E-state index in [1.54, 1.807) is 0 Å². The Labute approximate surface area is 93.0 Å². The molecule has 0 aromatic heterocycles. The number of aliphatic hydroxyl groups is 1. The Kier molecular flexibility index (Phi) is 7.96. The van der Waals surface area contributed by atoms with E-state index in [0.717, 1.165) is 6.42 Å². The Morgan fingerprint density at radius 3 is 2.07 bits per heavy atom. The van der Waals surface area contributed by atoms with Crippen LogP contribution in [0, 0.1) is 0 Å². The number of hydrogen-bond acceptors (Lipinski definition) is 4. The summed E-state index contributed by atoms with van der Waals surface area (Å²) in [5.41, 5.74) is -0.244. The normalized spacial score (nSPS) is 15.6.